The van der Waals surface area contributed by atoms with Crippen molar-refractivity contribution in [3.8, 4) is 22.9 Å². The molecular weight excluding hydrogens is 471 g/mol. The Balaban J connectivity index is 1.48. The van der Waals surface area contributed by atoms with Crippen LogP contribution in [0.25, 0.3) is 22.6 Å². The second-order valence-electron chi connectivity index (χ2n) is 10.3. The third kappa shape index (κ3) is 3.82. The largest absolute Gasteiger partial charge is 0.435 e. The molecule has 1 aliphatic rings. The second kappa shape index (κ2) is 8.14. The Labute approximate surface area is 212 Å². The van der Waals surface area contributed by atoms with Crippen LogP contribution in [0.15, 0.2) is 61.1 Å². The Morgan fingerprint density at radius 2 is 1.73 bits per heavy atom. The minimum Gasteiger partial charge on any atom is -0.435 e. The number of H-pyrrole nitrogens is 1. The SMILES string of the molecule is CC(C)(O)c1ccc(-c2ccc3c(n2)Oc2c(F)cccc2[C@@H]3C(C)(C)c2nc3nccnc3[nH]2)cn1. The molecule has 1 atom stereocenters. The zero-order chi connectivity index (χ0) is 25.9. The van der Waals surface area contributed by atoms with Crippen molar-refractivity contribution in [1.29, 1.82) is 0 Å². The average Bonchev–Trinajstić information content (AvgIpc) is 3.32. The predicted molar refractivity (Wildman–Crippen MR) is 136 cm³/mol. The van der Waals surface area contributed by atoms with Gasteiger partial charge in [-0.25, -0.2) is 24.3 Å². The second-order valence-corrected chi connectivity index (χ2v) is 10.3. The molecule has 186 valence electrons. The number of nitrogens with one attached hydrogen (secondary N) is 1. The molecule has 9 heteroatoms. The minimum absolute atomic E-state index is 0.153. The number of hydrogen-bond donors (Lipinski definition) is 2. The first kappa shape index (κ1) is 23.2. The van der Waals surface area contributed by atoms with Crippen molar-refractivity contribution >= 4 is 11.3 Å². The first-order chi connectivity index (χ1) is 17.6. The van der Waals surface area contributed by atoms with Gasteiger partial charge in [-0.2, -0.15) is 0 Å². The Morgan fingerprint density at radius 3 is 2.46 bits per heavy atom. The summed E-state index contributed by atoms with van der Waals surface area (Å²) in [5.74, 6) is 0.380. The lowest BCUT2D eigenvalue weighted by Crippen LogP contribution is -2.32. The van der Waals surface area contributed by atoms with E-state index in [0.717, 1.165) is 11.1 Å². The van der Waals surface area contributed by atoms with Crippen LogP contribution < -0.4 is 4.74 Å². The summed E-state index contributed by atoms with van der Waals surface area (Å²) in [5, 5.41) is 10.2. The van der Waals surface area contributed by atoms with E-state index in [9.17, 15) is 5.11 Å². The zero-order valence-corrected chi connectivity index (χ0v) is 20.8. The van der Waals surface area contributed by atoms with Gasteiger partial charge in [-0.15, -0.1) is 0 Å². The molecule has 2 N–H and O–H groups in total. The Bertz CT molecular complexity index is 1610. The first-order valence-electron chi connectivity index (χ1n) is 12.0. The fourth-order valence-corrected chi connectivity index (χ4v) is 4.91. The van der Waals surface area contributed by atoms with Crippen molar-refractivity contribution in [3.05, 3.63) is 89.5 Å². The van der Waals surface area contributed by atoms with Crippen molar-refractivity contribution in [2.45, 2.75) is 44.6 Å². The highest BCUT2D eigenvalue weighted by Gasteiger charge is 2.43. The van der Waals surface area contributed by atoms with Crippen LogP contribution in [0.2, 0.25) is 0 Å². The van der Waals surface area contributed by atoms with Crippen LogP contribution >= 0.6 is 0 Å². The van der Waals surface area contributed by atoms with Crippen molar-refractivity contribution < 1.29 is 14.2 Å². The number of ether oxygens (including phenoxy) is 1. The van der Waals surface area contributed by atoms with E-state index in [2.05, 4.69) is 19.9 Å². The van der Waals surface area contributed by atoms with E-state index in [1.165, 1.54) is 6.07 Å². The Hall–Kier alpha value is -4.24. The molecule has 5 heterocycles. The van der Waals surface area contributed by atoms with E-state index >= 15 is 4.39 Å². The van der Waals surface area contributed by atoms with Gasteiger partial charge in [-0.05, 0) is 38.1 Å². The Morgan fingerprint density at radius 1 is 0.919 bits per heavy atom. The first-order valence-corrected chi connectivity index (χ1v) is 12.0. The highest BCUT2D eigenvalue weighted by Crippen LogP contribution is 2.52. The number of hydrogen-bond acceptors (Lipinski definition) is 7. The molecule has 6 rings (SSSR count). The number of fused-ring (bicyclic) bond motifs is 3. The van der Waals surface area contributed by atoms with Crippen molar-refractivity contribution in [1.82, 2.24) is 29.9 Å². The molecule has 4 aromatic heterocycles. The number of pyridine rings is 2. The average molecular weight is 497 g/mol. The van der Waals surface area contributed by atoms with Crippen LogP contribution in [0.5, 0.6) is 11.6 Å². The molecule has 1 aliphatic heterocycles. The predicted octanol–water partition coefficient (Wildman–Crippen LogP) is 5.39. The summed E-state index contributed by atoms with van der Waals surface area (Å²) in [5.41, 5.74) is 2.90. The number of aromatic amines is 1. The summed E-state index contributed by atoms with van der Waals surface area (Å²) in [6, 6.07) is 12.4. The summed E-state index contributed by atoms with van der Waals surface area (Å²) in [6.07, 6.45) is 4.87. The normalized spacial score (nSPS) is 15.2. The van der Waals surface area contributed by atoms with Crippen LogP contribution in [0.1, 0.15) is 56.3 Å². The summed E-state index contributed by atoms with van der Waals surface area (Å²) in [6.45, 7) is 7.46. The van der Waals surface area contributed by atoms with Gasteiger partial charge < -0.3 is 14.8 Å². The molecule has 0 unspecified atom stereocenters. The quantitative estimate of drug-likeness (QED) is 0.343. The smallest absolute Gasteiger partial charge is 0.223 e. The number of nitrogens with zero attached hydrogens (tertiary/aromatic N) is 5. The molecule has 0 saturated heterocycles. The maximum absolute atomic E-state index is 15.0. The molecule has 0 fully saturated rings. The van der Waals surface area contributed by atoms with Gasteiger partial charge in [0.1, 0.15) is 11.4 Å². The number of halogens is 1. The number of aliphatic hydroxyl groups is 1. The van der Waals surface area contributed by atoms with Crippen LogP contribution in [-0.4, -0.2) is 35.0 Å². The maximum Gasteiger partial charge on any atom is 0.223 e. The van der Waals surface area contributed by atoms with E-state index in [0.29, 0.717) is 40.0 Å². The molecule has 1 aromatic carbocycles. The van der Waals surface area contributed by atoms with E-state index in [1.807, 2.05) is 38.1 Å². The number of aromatic nitrogens is 6. The third-order valence-electron chi connectivity index (χ3n) is 6.86. The highest BCUT2D eigenvalue weighted by atomic mass is 19.1. The fraction of sp³-hybridized carbons (Fsp3) is 0.250. The van der Waals surface area contributed by atoms with Crippen LogP contribution in [-0.2, 0) is 11.0 Å². The third-order valence-corrected chi connectivity index (χ3v) is 6.86. The van der Waals surface area contributed by atoms with Crippen molar-refractivity contribution in [2.75, 3.05) is 0 Å². The van der Waals surface area contributed by atoms with Gasteiger partial charge in [0.05, 0.1) is 11.4 Å². The fourth-order valence-electron chi connectivity index (χ4n) is 4.91. The minimum atomic E-state index is -1.05. The highest BCUT2D eigenvalue weighted by molar-refractivity contribution is 5.66. The number of rotatable bonds is 4. The standard InChI is InChI=1S/C28H25FN6O2/c1-27(2,26-34-23-24(35-26)31-13-12-30-23)21-16-6-5-7-18(29)22(16)37-25-17(21)9-10-19(33-25)15-8-11-20(32-14-15)28(3,4)36/h5-14,21,36H,1-4H3,(H,30,31,34,35)/t21-/m0/s1. The van der Waals surface area contributed by atoms with Gasteiger partial charge in [0.25, 0.3) is 0 Å². The Kier molecular flexibility index (Phi) is 5.10. The summed E-state index contributed by atoms with van der Waals surface area (Å²) in [4.78, 5) is 25.8. The van der Waals surface area contributed by atoms with Gasteiger partial charge in [0.2, 0.25) is 5.88 Å². The molecule has 0 saturated carbocycles. The number of benzene rings is 1. The molecule has 0 radical (unpaired) electrons. The van der Waals surface area contributed by atoms with Gasteiger partial charge in [0, 0.05) is 46.6 Å². The van der Waals surface area contributed by atoms with Gasteiger partial charge in [-0.3, -0.25) is 4.98 Å². The topological polar surface area (TPSA) is 110 Å². The lowest BCUT2D eigenvalue weighted by Gasteiger charge is -2.37. The molecule has 0 aliphatic carbocycles. The lowest BCUT2D eigenvalue weighted by atomic mass is 9.69. The maximum atomic E-state index is 15.0. The molecule has 0 amide bonds. The van der Waals surface area contributed by atoms with Gasteiger partial charge in [0.15, 0.2) is 22.9 Å². The van der Waals surface area contributed by atoms with E-state index < -0.39 is 16.8 Å². The van der Waals surface area contributed by atoms with Crippen LogP contribution in [0.4, 0.5) is 4.39 Å². The summed E-state index contributed by atoms with van der Waals surface area (Å²) in [7, 11) is 0. The van der Waals surface area contributed by atoms with Crippen molar-refractivity contribution in [2.24, 2.45) is 0 Å². The molecule has 8 nitrogen and oxygen atoms in total. The van der Waals surface area contributed by atoms with Crippen LogP contribution in [0, 0.1) is 5.82 Å². The molecule has 0 spiro atoms. The molecule has 37 heavy (non-hydrogen) atoms. The van der Waals surface area contributed by atoms with E-state index in [4.69, 9.17) is 14.7 Å². The zero-order valence-electron chi connectivity index (χ0n) is 20.8. The molecular formula is C28H25FN6O2. The van der Waals surface area contributed by atoms with Crippen LogP contribution in [0.3, 0.4) is 0 Å². The van der Waals surface area contributed by atoms with E-state index in [1.54, 1.807) is 44.6 Å². The van der Waals surface area contributed by atoms with Gasteiger partial charge in [-0.1, -0.05) is 32.0 Å². The molecule has 5 aromatic rings. The van der Waals surface area contributed by atoms with Gasteiger partial charge >= 0.3 is 0 Å². The monoisotopic (exact) mass is 496 g/mol. The lowest BCUT2D eigenvalue weighted by molar-refractivity contribution is 0.0739. The number of para-hydroxylation sites is 1. The summed E-state index contributed by atoms with van der Waals surface area (Å²) >= 11 is 0. The summed E-state index contributed by atoms with van der Waals surface area (Å²) < 4.78 is 21.1. The van der Waals surface area contributed by atoms with Crippen molar-refractivity contribution in [3.63, 3.8) is 0 Å². The van der Waals surface area contributed by atoms with E-state index in [-0.39, 0.29) is 11.7 Å². The number of imidazole rings is 1. The molecule has 0 bridgehead atoms.